The van der Waals surface area contributed by atoms with Crippen LogP contribution in [0.15, 0.2) is 12.1 Å². The second-order valence-electron chi connectivity index (χ2n) is 7.70. The molecule has 1 aromatic carbocycles. The second-order valence-corrected chi connectivity index (χ2v) is 9.71. The van der Waals surface area contributed by atoms with E-state index in [9.17, 15) is 13.2 Å². The predicted octanol–water partition coefficient (Wildman–Crippen LogP) is 1.03. The largest absolute Gasteiger partial charge is 0.494 e. The highest BCUT2D eigenvalue weighted by Gasteiger charge is 2.52. The van der Waals surface area contributed by atoms with E-state index in [4.69, 9.17) is 9.31 Å². The summed E-state index contributed by atoms with van der Waals surface area (Å²) in [5.41, 5.74) is 1.11. The summed E-state index contributed by atoms with van der Waals surface area (Å²) >= 11 is 0. The highest BCUT2D eigenvalue weighted by atomic mass is 32.2. The number of hydrogen-bond donors (Lipinski definition) is 2. The summed E-state index contributed by atoms with van der Waals surface area (Å²) in [5.74, 6) is -0.357. The van der Waals surface area contributed by atoms with Crippen LogP contribution in [0.5, 0.6) is 0 Å². The Morgan fingerprint density at radius 1 is 1.19 bits per heavy atom. The SMILES string of the molecule is CCS(=O)(=O)Nc1cc(B2OC(C)(C)C(C)(C)O2)cc2c1C(=O)NCC2. The summed E-state index contributed by atoms with van der Waals surface area (Å²) in [4.78, 5) is 12.3. The van der Waals surface area contributed by atoms with Crippen molar-refractivity contribution in [3.8, 4) is 0 Å². The van der Waals surface area contributed by atoms with Gasteiger partial charge in [-0.25, -0.2) is 8.42 Å². The fourth-order valence-corrected chi connectivity index (χ4v) is 3.67. The molecule has 0 radical (unpaired) electrons. The van der Waals surface area contributed by atoms with Gasteiger partial charge in [-0.1, -0.05) is 6.07 Å². The first kappa shape index (κ1) is 19.2. The van der Waals surface area contributed by atoms with Gasteiger partial charge >= 0.3 is 7.12 Å². The van der Waals surface area contributed by atoms with Crippen molar-refractivity contribution >= 4 is 34.2 Å². The number of amides is 1. The van der Waals surface area contributed by atoms with Crippen molar-refractivity contribution in [3.63, 3.8) is 0 Å². The Morgan fingerprint density at radius 2 is 1.81 bits per heavy atom. The number of sulfonamides is 1. The third-order valence-electron chi connectivity index (χ3n) is 5.32. The number of anilines is 1. The van der Waals surface area contributed by atoms with Crippen LogP contribution >= 0.6 is 0 Å². The third-order valence-corrected chi connectivity index (χ3v) is 6.61. The minimum absolute atomic E-state index is 0.0793. The molecule has 2 aliphatic heterocycles. The molecule has 0 spiro atoms. The van der Waals surface area contributed by atoms with E-state index in [1.807, 2.05) is 33.8 Å². The lowest BCUT2D eigenvalue weighted by Crippen LogP contribution is -2.41. The Labute approximate surface area is 155 Å². The molecule has 142 valence electrons. The maximum absolute atomic E-state index is 12.3. The smallest absolute Gasteiger partial charge is 0.399 e. The van der Waals surface area contributed by atoms with Gasteiger partial charge in [0.2, 0.25) is 10.0 Å². The summed E-state index contributed by atoms with van der Waals surface area (Å²) in [7, 11) is -4.15. The average Bonchev–Trinajstić information content (AvgIpc) is 2.75. The van der Waals surface area contributed by atoms with Crippen molar-refractivity contribution in [1.82, 2.24) is 5.32 Å². The van der Waals surface area contributed by atoms with E-state index < -0.39 is 28.3 Å². The number of carbonyl (C=O) groups excluding carboxylic acids is 1. The molecule has 0 aromatic heterocycles. The van der Waals surface area contributed by atoms with E-state index >= 15 is 0 Å². The zero-order valence-electron chi connectivity index (χ0n) is 15.8. The number of nitrogens with one attached hydrogen (secondary N) is 2. The zero-order valence-corrected chi connectivity index (χ0v) is 16.6. The first-order valence-corrected chi connectivity index (χ1v) is 10.4. The molecule has 0 unspecified atom stereocenters. The molecule has 0 saturated carbocycles. The minimum Gasteiger partial charge on any atom is -0.399 e. The van der Waals surface area contributed by atoms with E-state index in [-0.39, 0.29) is 17.3 Å². The summed E-state index contributed by atoms with van der Waals surface area (Å²) in [6.45, 7) is 9.89. The number of hydrogen-bond acceptors (Lipinski definition) is 5. The standard InChI is InChI=1S/C17H25BN2O5S/c1-6-26(22,23)20-13-10-12(9-11-7-8-19-15(21)14(11)13)18-24-16(2,3)17(4,5)25-18/h9-10,20H,6-8H2,1-5H3,(H,19,21). The maximum atomic E-state index is 12.3. The molecule has 3 rings (SSSR count). The Balaban J connectivity index is 2.07. The third kappa shape index (κ3) is 3.35. The molecule has 1 aromatic rings. The van der Waals surface area contributed by atoms with Crippen LogP contribution in [-0.4, -0.2) is 44.9 Å². The molecular weight excluding hydrogens is 355 g/mol. The van der Waals surface area contributed by atoms with Crippen molar-refractivity contribution in [2.24, 2.45) is 0 Å². The second kappa shape index (κ2) is 6.25. The van der Waals surface area contributed by atoms with E-state index in [2.05, 4.69) is 10.0 Å². The van der Waals surface area contributed by atoms with E-state index in [1.54, 1.807) is 13.0 Å². The molecule has 2 heterocycles. The van der Waals surface area contributed by atoms with Crippen molar-refractivity contribution < 1.29 is 22.5 Å². The number of rotatable bonds is 4. The summed E-state index contributed by atoms with van der Waals surface area (Å²) in [5, 5.41) is 2.76. The molecular formula is C17H25BN2O5S. The molecule has 0 bridgehead atoms. The van der Waals surface area contributed by atoms with Crippen molar-refractivity contribution in [1.29, 1.82) is 0 Å². The lowest BCUT2D eigenvalue weighted by Gasteiger charge is -2.32. The Kier molecular flexibility index (Phi) is 4.61. The highest BCUT2D eigenvalue weighted by molar-refractivity contribution is 7.92. The lowest BCUT2D eigenvalue weighted by molar-refractivity contribution is 0.00578. The van der Waals surface area contributed by atoms with Crippen LogP contribution in [0.1, 0.15) is 50.5 Å². The summed E-state index contributed by atoms with van der Waals surface area (Å²) in [6.07, 6.45) is 0.620. The first-order valence-electron chi connectivity index (χ1n) is 8.77. The van der Waals surface area contributed by atoms with Gasteiger partial charge in [0.1, 0.15) is 0 Å². The maximum Gasteiger partial charge on any atom is 0.494 e. The Morgan fingerprint density at radius 3 is 2.38 bits per heavy atom. The lowest BCUT2D eigenvalue weighted by atomic mass is 9.76. The van der Waals surface area contributed by atoms with Gasteiger partial charge in [0.25, 0.3) is 5.91 Å². The van der Waals surface area contributed by atoms with Gasteiger partial charge in [0.05, 0.1) is 28.2 Å². The molecule has 1 fully saturated rings. The molecule has 26 heavy (non-hydrogen) atoms. The van der Waals surface area contributed by atoms with Crippen molar-refractivity contribution in [2.75, 3.05) is 17.0 Å². The number of fused-ring (bicyclic) bond motifs is 1. The molecule has 9 heteroatoms. The van der Waals surface area contributed by atoms with Crippen molar-refractivity contribution in [3.05, 3.63) is 23.3 Å². The van der Waals surface area contributed by atoms with Crippen LogP contribution in [0.2, 0.25) is 0 Å². The molecule has 1 amide bonds. The van der Waals surface area contributed by atoms with Crippen LogP contribution in [0.25, 0.3) is 0 Å². The van der Waals surface area contributed by atoms with Gasteiger partial charge in [-0.2, -0.15) is 0 Å². The van der Waals surface area contributed by atoms with E-state index in [1.165, 1.54) is 0 Å². The topological polar surface area (TPSA) is 93.7 Å². The van der Waals surface area contributed by atoms with Gasteiger partial charge in [-0.15, -0.1) is 0 Å². The summed E-state index contributed by atoms with van der Waals surface area (Å²) < 4.78 is 38.9. The van der Waals surface area contributed by atoms with Gasteiger partial charge in [0, 0.05) is 6.54 Å². The summed E-state index contributed by atoms with van der Waals surface area (Å²) in [6, 6.07) is 3.51. The van der Waals surface area contributed by atoms with Gasteiger partial charge in [-0.3, -0.25) is 9.52 Å². The molecule has 2 N–H and O–H groups in total. The number of carbonyl (C=O) groups is 1. The van der Waals surface area contributed by atoms with Gasteiger partial charge in [-0.05, 0) is 58.1 Å². The monoisotopic (exact) mass is 380 g/mol. The quantitative estimate of drug-likeness (QED) is 0.762. The van der Waals surface area contributed by atoms with Crippen LogP contribution in [0, 0.1) is 0 Å². The molecule has 0 atom stereocenters. The minimum atomic E-state index is -3.53. The average molecular weight is 380 g/mol. The normalized spacial score (nSPS) is 21.3. The predicted molar refractivity (Wildman–Crippen MR) is 101 cm³/mol. The molecule has 7 nitrogen and oxygen atoms in total. The molecule has 2 aliphatic rings. The molecule has 0 aliphatic carbocycles. The van der Waals surface area contributed by atoms with E-state index in [0.717, 1.165) is 5.56 Å². The zero-order chi connectivity index (χ0) is 19.3. The Hall–Kier alpha value is -1.58. The van der Waals surface area contributed by atoms with Crippen LogP contribution in [0.3, 0.4) is 0 Å². The van der Waals surface area contributed by atoms with Crippen LogP contribution in [-0.2, 0) is 25.8 Å². The fourth-order valence-electron chi connectivity index (χ4n) is 3.03. The first-order chi connectivity index (χ1) is 12.0. The highest BCUT2D eigenvalue weighted by Crippen LogP contribution is 2.37. The molecule has 1 saturated heterocycles. The van der Waals surface area contributed by atoms with Crippen LogP contribution < -0.4 is 15.5 Å². The Bertz CT molecular complexity index is 835. The van der Waals surface area contributed by atoms with Crippen LogP contribution in [0.4, 0.5) is 5.69 Å². The fraction of sp³-hybridized carbons (Fsp3) is 0.588. The van der Waals surface area contributed by atoms with E-state index in [0.29, 0.717) is 24.0 Å². The van der Waals surface area contributed by atoms with Crippen molar-refractivity contribution in [2.45, 2.75) is 52.2 Å². The number of benzene rings is 1. The van der Waals surface area contributed by atoms with Gasteiger partial charge < -0.3 is 14.6 Å². The van der Waals surface area contributed by atoms with Gasteiger partial charge in [0.15, 0.2) is 0 Å².